The van der Waals surface area contributed by atoms with Crippen molar-refractivity contribution < 1.29 is 13.9 Å². The second-order valence-electron chi connectivity index (χ2n) is 2.91. The quantitative estimate of drug-likeness (QED) is 0.750. The van der Waals surface area contributed by atoms with E-state index in [4.69, 9.17) is 0 Å². The standard InChI is InChI=1S/C10H12FNO2/c1-7-3-4-8(11)9(5-7)12-6-10(13)14-2/h3-5,12H,6H2,1-2H3. The number of carbonyl (C=O) groups is 1. The van der Waals surface area contributed by atoms with Gasteiger partial charge in [-0.05, 0) is 24.6 Å². The number of hydrogen-bond donors (Lipinski definition) is 1. The zero-order chi connectivity index (χ0) is 10.6. The van der Waals surface area contributed by atoms with Crippen molar-refractivity contribution in [3.8, 4) is 0 Å². The van der Waals surface area contributed by atoms with Gasteiger partial charge in [-0.15, -0.1) is 0 Å². The lowest BCUT2D eigenvalue weighted by atomic mass is 10.2. The number of benzene rings is 1. The van der Waals surface area contributed by atoms with E-state index in [1.165, 1.54) is 13.2 Å². The molecule has 0 saturated heterocycles. The van der Waals surface area contributed by atoms with Gasteiger partial charge in [0.1, 0.15) is 12.4 Å². The van der Waals surface area contributed by atoms with Gasteiger partial charge in [0.15, 0.2) is 0 Å². The minimum absolute atomic E-state index is 0.0309. The van der Waals surface area contributed by atoms with E-state index >= 15 is 0 Å². The zero-order valence-electron chi connectivity index (χ0n) is 8.13. The molecule has 0 aliphatic heterocycles. The lowest BCUT2D eigenvalue weighted by Gasteiger charge is -2.06. The van der Waals surface area contributed by atoms with Crippen molar-refractivity contribution in [3.05, 3.63) is 29.6 Å². The van der Waals surface area contributed by atoms with E-state index in [1.807, 2.05) is 6.92 Å². The van der Waals surface area contributed by atoms with Gasteiger partial charge in [0.25, 0.3) is 0 Å². The smallest absolute Gasteiger partial charge is 0.325 e. The molecule has 0 spiro atoms. The van der Waals surface area contributed by atoms with Crippen molar-refractivity contribution >= 4 is 11.7 Å². The first-order chi connectivity index (χ1) is 6.63. The van der Waals surface area contributed by atoms with E-state index in [-0.39, 0.29) is 12.4 Å². The van der Waals surface area contributed by atoms with Crippen molar-refractivity contribution in [2.75, 3.05) is 19.0 Å². The van der Waals surface area contributed by atoms with E-state index in [0.29, 0.717) is 5.69 Å². The summed E-state index contributed by atoms with van der Waals surface area (Å²) in [6, 6.07) is 4.66. The maximum Gasteiger partial charge on any atom is 0.325 e. The first kappa shape index (κ1) is 10.5. The number of methoxy groups -OCH3 is 1. The summed E-state index contributed by atoms with van der Waals surface area (Å²) in [7, 11) is 1.29. The molecule has 1 aromatic carbocycles. The topological polar surface area (TPSA) is 38.3 Å². The first-order valence-corrected chi connectivity index (χ1v) is 4.20. The Bertz CT molecular complexity index is 339. The van der Waals surface area contributed by atoms with Crippen LogP contribution in [0.3, 0.4) is 0 Å². The highest BCUT2D eigenvalue weighted by molar-refractivity contribution is 5.74. The molecule has 0 unspecified atom stereocenters. The number of anilines is 1. The summed E-state index contributed by atoms with van der Waals surface area (Å²) in [5.74, 6) is -0.801. The first-order valence-electron chi connectivity index (χ1n) is 4.20. The number of hydrogen-bond acceptors (Lipinski definition) is 3. The summed E-state index contributed by atoms with van der Waals surface area (Å²) in [5, 5.41) is 2.65. The summed E-state index contributed by atoms with van der Waals surface area (Å²) < 4.78 is 17.5. The molecule has 1 aromatic rings. The van der Waals surface area contributed by atoms with Crippen LogP contribution in [0, 0.1) is 12.7 Å². The highest BCUT2D eigenvalue weighted by atomic mass is 19.1. The molecule has 4 heteroatoms. The third kappa shape index (κ3) is 2.73. The zero-order valence-corrected chi connectivity index (χ0v) is 8.13. The van der Waals surface area contributed by atoms with Gasteiger partial charge in [-0.2, -0.15) is 0 Å². The maximum atomic E-state index is 13.1. The second kappa shape index (κ2) is 4.60. The molecule has 14 heavy (non-hydrogen) atoms. The number of aryl methyl sites for hydroxylation is 1. The summed E-state index contributed by atoms with van der Waals surface area (Å²) in [6.07, 6.45) is 0. The van der Waals surface area contributed by atoms with Gasteiger partial charge in [-0.1, -0.05) is 6.07 Å². The van der Waals surface area contributed by atoms with Crippen LogP contribution in [0.5, 0.6) is 0 Å². The number of rotatable bonds is 3. The van der Waals surface area contributed by atoms with Gasteiger partial charge >= 0.3 is 5.97 Å². The van der Waals surface area contributed by atoms with E-state index in [0.717, 1.165) is 5.56 Å². The molecular formula is C10H12FNO2. The van der Waals surface area contributed by atoms with Crippen molar-refractivity contribution in [1.82, 2.24) is 0 Å². The van der Waals surface area contributed by atoms with Gasteiger partial charge in [-0.25, -0.2) is 4.39 Å². The Morgan fingerprint density at radius 3 is 2.93 bits per heavy atom. The van der Waals surface area contributed by atoms with Crippen LogP contribution in [-0.4, -0.2) is 19.6 Å². The Balaban J connectivity index is 2.66. The minimum Gasteiger partial charge on any atom is -0.468 e. The molecule has 0 aliphatic carbocycles. The van der Waals surface area contributed by atoms with Crippen LogP contribution >= 0.6 is 0 Å². The molecule has 1 N–H and O–H groups in total. The summed E-state index contributed by atoms with van der Waals surface area (Å²) >= 11 is 0. The van der Waals surface area contributed by atoms with Crippen molar-refractivity contribution in [2.24, 2.45) is 0 Å². The molecule has 0 atom stereocenters. The lowest BCUT2D eigenvalue weighted by molar-refractivity contribution is -0.138. The van der Waals surface area contributed by atoms with E-state index in [9.17, 15) is 9.18 Å². The molecule has 0 heterocycles. The Labute approximate surface area is 81.9 Å². The van der Waals surface area contributed by atoms with Crippen molar-refractivity contribution in [2.45, 2.75) is 6.92 Å². The number of esters is 1. The van der Waals surface area contributed by atoms with Crippen LogP contribution in [0.1, 0.15) is 5.56 Å². The minimum atomic E-state index is -0.425. The molecule has 0 bridgehead atoms. The predicted octanol–water partition coefficient (Wildman–Crippen LogP) is 1.72. The number of ether oxygens (including phenoxy) is 1. The molecule has 0 aromatic heterocycles. The molecule has 0 saturated carbocycles. The summed E-state index contributed by atoms with van der Waals surface area (Å²) in [4.78, 5) is 10.8. The Hall–Kier alpha value is -1.58. The number of nitrogens with one attached hydrogen (secondary N) is 1. The SMILES string of the molecule is COC(=O)CNc1cc(C)ccc1F. The van der Waals surface area contributed by atoms with Gasteiger partial charge in [0.2, 0.25) is 0 Å². The van der Waals surface area contributed by atoms with Crippen LogP contribution in [-0.2, 0) is 9.53 Å². The average Bonchev–Trinajstić information content (AvgIpc) is 2.19. The fourth-order valence-corrected chi connectivity index (χ4v) is 1.01. The van der Waals surface area contributed by atoms with E-state index in [1.54, 1.807) is 12.1 Å². The van der Waals surface area contributed by atoms with Crippen LogP contribution < -0.4 is 5.32 Å². The van der Waals surface area contributed by atoms with E-state index in [2.05, 4.69) is 10.1 Å². The Kier molecular flexibility index (Phi) is 3.45. The fraction of sp³-hybridized carbons (Fsp3) is 0.300. The molecular weight excluding hydrogens is 185 g/mol. The van der Waals surface area contributed by atoms with Gasteiger partial charge in [0.05, 0.1) is 12.8 Å². The highest BCUT2D eigenvalue weighted by Gasteiger charge is 2.04. The fourth-order valence-electron chi connectivity index (χ4n) is 1.01. The number of halogens is 1. The largest absolute Gasteiger partial charge is 0.468 e. The highest BCUT2D eigenvalue weighted by Crippen LogP contribution is 2.14. The molecule has 76 valence electrons. The molecule has 0 radical (unpaired) electrons. The second-order valence-corrected chi connectivity index (χ2v) is 2.91. The Morgan fingerprint density at radius 2 is 2.29 bits per heavy atom. The number of carbonyl (C=O) groups excluding carboxylic acids is 1. The van der Waals surface area contributed by atoms with Gasteiger partial charge in [0, 0.05) is 0 Å². The molecule has 3 nitrogen and oxygen atoms in total. The third-order valence-corrected chi connectivity index (χ3v) is 1.77. The van der Waals surface area contributed by atoms with Crippen LogP contribution in [0.4, 0.5) is 10.1 Å². The van der Waals surface area contributed by atoms with Crippen LogP contribution in [0.15, 0.2) is 18.2 Å². The predicted molar refractivity (Wildman–Crippen MR) is 51.6 cm³/mol. The van der Waals surface area contributed by atoms with E-state index < -0.39 is 5.97 Å². The van der Waals surface area contributed by atoms with Crippen LogP contribution in [0.2, 0.25) is 0 Å². The summed E-state index contributed by atoms with van der Waals surface area (Å²) in [6.45, 7) is 1.82. The molecule has 0 amide bonds. The normalized spacial score (nSPS) is 9.64. The monoisotopic (exact) mass is 197 g/mol. The molecule has 0 aliphatic rings. The van der Waals surface area contributed by atoms with Gasteiger partial charge < -0.3 is 10.1 Å². The van der Waals surface area contributed by atoms with Crippen molar-refractivity contribution in [3.63, 3.8) is 0 Å². The van der Waals surface area contributed by atoms with Crippen molar-refractivity contribution in [1.29, 1.82) is 0 Å². The Morgan fingerprint density at radius 1 is 1.57 bits per heavy atom. The maximum absolute atomic E-state index is 13.1. The molecule has 0 fully saturated rings. The van der Waals surface area contributed by atoms with Crippen LogP contribution in [0.25, 0.3) is 0 Å². The lowest BCUT2D eigenvalue weighted by Crippen LogP contribution is -2.15. The summed E-state index contributed by atoms with van der Waals surface area (Å²) in [5.41, 5.74) is 1.24. The third-order valence-electron chi connectivity index (χ3n) is 1.77. The average molecular weight is 197 g/mol. The van der Waals surface area contributed by atoms with Gasteiger partial charge in [-0.3, -0.25) is 4.79 Å². The molecule has 1 rings (SSSR count).